The first-order chi connectivity index (χ1) is 7.16. The lowest BCUT2D eigenvalue weighted by Crippen LogP contribution is -2.04. The number of nitrogens with one attached hydrogen (secondary N) is 1. The molecule has 0 spiro atoms. The fourth-order valence-electron chi connectivity index (χ4n) is 1.25. The van der Waals surface area contributed by atoms with E-state index in [9.17, 15) is 4.79 Å². The third-order valence-electron chi connectivity index (χ3n) is 1.95. The summed E-state index contributed by atoms with van der Waals surface area (Å²) in [4.78, 5) is 17.5. The van der Waals surface area contributed by atoms with Crippen molar-refractivity contribution in [3.8, 4) is 11.3 Å². The van der Waals surface area contributed by atoms with Crippen LogP contribution in [0.25, 0.3) is 11.3 Å². The number of anilines is 1. The summed E-state index contributed by atoms with van der Waals surface area (Å²) in [5, 5.41) is 0.480. The van der Waals surface area contributed by atoms with Gasteiger partial charge in [0.25, 0.3) is 5.56 Å². The molecule has 0 radical (unpaired) electrons. The van der Waals surface area contributed by atoms with Crippen molar-refractivity contribution in [2.45, 2.75) is 0 Å². The molecule has 0 aliphatic carbocycles. The van der Waals surface area contributed by atoms with Crippen LogP contribution in [-0.4, -0.2) is 9.97 Å². The minimum Gasteiger partial charge on any atom is -0.399 e. The zero-order valence-electron chi connectivity index (χ0n) is 7.70. The van der Waals surface area contributed by atoms with Gasteiger partial charge in [0.1, 0.15) is 0 Å². The molecule has 0 bridgehead atoms. The normalized spacial score (nSPS) is 10.2. The van der Waals surface area contributed by atoms with E-state index >= 15 is 0 Å². The third-order valence-corrected chi connectivity index (χ3v) is 2.26. The average molecular weight is 222 g/mol. The second-order valence-electron chi connectivity index (χ2n) is 3.04. The first kappa shape index (κ1) is 9.73. The number of hydrogen-bond acceptors (Lipinski definition) is 3. The maximum Gasteiger partial charge on any atom is 0.251 e. The van der Waals surface area contributed by atoms with Gasteiger partial charge < -0.3 is 10.7 Å². The van der Waals surface area contributed by atoms with Crippen LogP contribution in [0.3, 0.4) is 0 Å². The molecule has 0 atom stereocenters. The summed E-state index contributed by atoms with van der Waals surface area (Å²) < 4.78 is 0. The topological polar surface area (TPSA) is 71.8 Å². The molecular formula is C10H8ClN3O. The predicted molar refractivity (Wildman–Crippen MR) is 59.7 cm³/mol. The molecule has 5 heteroatoms. The summed E-state index contributed by atoms with van der Waals surface area (Å²) in [6, 6.07) is 6.46. The maximum atomic E-state index is 11.1. The molecule has 4 nitrogen and oxygen atoms in total. The molecule has 0 saturated heterocycles. The number of hydrogen-bond donors (Lipinski definition) is 2. The van der Waals surface area contributed by atoms with Crippen molar-refractivity contribution in [3.63, 3.8) is 0 Å². The van der Waals surface area contributed by atoms with Gasteiger partial charge in [0, 0.05) is 17.3 Å². The Balaban J connectivity index is 2.59. The highest BCUT2D eigenvalue weighted by molar-refractivity contribution is 6.33. The van der Waals surface area contributed by atoms with Gasteiger partial charge in [-0.1, -0.05) is 11.6 Å². The van der Waals surface area contributed by atoms with E-state index in [-0.39, 0.29) is 5.56 Å². The molecule has 0 unspecified atom stereocenters. The summed E-state index contributed by atoms with van der Waals surface area (Å²) >= 11 is 5.98. The zero-order chi connectivity index (χ0) is 10.8. The molecule has 0 amide bonds. The summed E-state index contributed by atoms with van der Waals surface area (Å²) in [6.07, 6.45) is 1.34. The Hall–Kier alpha value is -1.81. The van der Waals surface area contributed by atoms with Gasteiger partial charge in [-0.15, -0.1) is 0 Å². The predicted octanol–water partition coefficient (Wildman–Crippen LogP) is 1.67. The number of rotatable bonds is 1. The van der Waals surface area contributed by atoms with E-state index in [1.807, 2.05) is 0 Å². The highest BCUT2D eigenvalue weighted by atomic mass is 35.5. The van der Waals surface area contributed by atoms with Crippen LogP contribution in [0.1, 0.15) is 0 Å². The van der Waals surface area contributed by atoms with E-state index in [1.165, 1.54) is 12.4 Å². The molecule has 76 valence electrons. The van der Waals surface area contributed by atoms with Crippen molar-refractivity contribution >= 4 is 17.3 Å². The smallest absolute Gasteiger partial charge is 0.251 e. The van der Waals surface area contributed by atoms with E-state index < -0.39 is 0 Å². The van der Waals surface area contributed by atoms with Crippen LogP contribution in [0.4, 0.5) is 5.69 Å². The number of nitrogens with zero attached hydrogens (tertiary/aromatic N) is 1. The second kappa shape index (κ2) is 3.74. The van der Waals surface area contributed by atoms with Gasteiger partial charge in [-0.25, -0.2) is 4.98 Å². The number of benzene rings is 1. The number of nitrogens with two attached hydrogens (primary N) is 1. The molecule has 3 N–H and O–H groups in total. The van der Waals surface area contributed by atoms with E-state index in [1.54, 1.807) is 18.2 Å². The fraction of sp³-hybridized carbons (Fsp3) is 0. The molecule has 1 aromatic heterocycles. The number of aromatic nitrogens is 2. The minimum atomic E-state index is -0.215. The van der Waals surface area contributed by atoms with Gasteiger partial charge in [-0.2, -0.15) is 0 Å². The summed E-state index contributed by atoms with van der Waals surface area (Å²) in [7, 11) is 0. The lowest BCUT2D eigenvalue weighted by atomic mass is 10.1. The van der Waals surface area contributed by atoms with Gasteiger partial charge in [0.05, 0.1) is 17.0 Å². The first-order valence-corrected chi connectivity index (χ1v) is 4.65. The van der Waals surface area contributed by atoms with Crippen LogP contribution in [0.2, 0.25) is 5.02 Å². The fourth-order valence-corrected chi connectivity index (χ4v) is 1.54. The lowest BCUT2D eigenvalue weighted by Gasteiger charge is -2.03. The van der Waals surface area contributed by atoms with Crippen LogP contribution < -0.4 is 11.3 Å². The number of halogens is 1. The number of nitrogen functional groups attached to an aromatic ring is 1. The van der Waals surface area contributed by atoms with E-state index in [2.05, 4.69) is 9.97 Å². The largest absolute Gasteiger partial charge is 0.399 e. The highest BCUT2D eigenvalue weighted by Crippen LogP contribution is 2.26. The third kappa shape index (κ3) is 1.99. The van der Waals surface area contributed by atoms with Crippen molar-refractivity contribution in [3.05, 3.63) is 46.0 Å². The van der Waals surface area contributed by atoms with Gasteiger partial charge in [0.2, 0.25) is 0 Å². The highest BCUT2D eigenvalue weighted by Gasteiger charge is 2.05. The lowest BCUT2D eigenvalue weighted by molar-refractivity contribution is 1.12. The maximum absolute atomic E-state index is 11.1. The SMILES string of the molecule is Nc1ccc(-c2cc(=O)[nH]cn2)c(Cl)c1. The minimum absolute atomic E-state index is 0.215. The Labute approximate surface area is 90.7 Å². The monoisotopic (exact) mass is 221 g/mol. The van der Waals surface area contributed by atoms with E-state index in [0.29, 0.717) is 22.0 Å². The van der Waals surface area contributed by atoms with Gasteiger partial charge in [-0.05, 0) is 18.2 Å². The first-order valence-electron chi connectivity index (χ1n) is 4.27. The molecule has 0 aliphatic rings. The average Bonchev–Trinajstić information content (AvgIpc) is 2.17. The van der Waals surface area contributed by atoms with Crippen molar-refractivity contribution in [2.24, 2.45) is 0 Å². The molecule has 1 aromatic carbocycles. The quantitative estimate of drug-likeness (QED) is 0.720. The Morgan fingerprint density at radius 3 is 2.80 bits per heavy atom. The Bertz CT molecular complexity index is 550. The standard InChI is InChI=1S/C10H8ClN3O/c11-8-3-6(12)1-2-7(8)9-4-10(15)14-5-13-9/h1-5H,12H2,(H,13,14,15). The van der Waals surface area contributed by atoms with E-state index in [0.717, 1.165) is 0 Å². The van der Waals surface area contributed by atoms with E-state index in [4.69, 9.17) is 17.3 Å². The molecule has 1 heterocycles. The van der Waals surface area contributed by atoms with Gasteiger partial charge in [0.15, 0.2) is 0 Å². The molecule has 0 saturated carbocycles. The Morgan fingerprint density at radius 2 is 2.13 bits per heavy atom. The molecule has 0 aliphatic heterocycles. The van der Waals surface area contributed by atoms with Crippen molar-refractivity contribution < 1.29 is 0 Å². The van der Waals surface area contributed by atoms with Gasteiger partial charge >= 0.3 is 0 Å². The van der Waals surface area contributed by atoms with Crippen molar-refractivity contribution in [1.29, 1.82) is 0 Å². The number of H-pyrrole nitrogens is 1. The Kier molecular flexibility index (Phi) is 2.43. The van der Waals surface area contributed by atoms with Crippen LogP contribution in [-0.2, 0) is 0 Å². The van der Waals surface area contributed by atoms with Crippen LogP contribution in [0.5, 0.6) is 0 Å². The zero-order valence-corrected chi connectivity index (χ0v) is 8.45. The number of aromatic amines is 1. The summed E-state index contributed by atoms with van der Waals surface area (Å²) in [5.41, 5.74) is 7.15. The molecular weight excluding hydrogens is 214 g/mol. The molecule has 2 rings (SSSR count). The van der Waals surface area contributed by atoms with Crippen LogP contribution in [0, 0.1) is 0 Å². The second-order valence-corrected chi connectivity index (χ2v) is 3.44. The Morgan fingerprint density at radius 1 is 1.33 bits per heavy atom. The van der Waals surface area contributed by atoms with Crippen LogP contribution >= 0.6 is 11.6 Å². The van der Waals surface area contributed by atoms with Crippen LogP contribution in [0.15, 0.2) is 35.4 Å². The summed E-state index contributed by atoms with van der Waals surface area (Å²) in [6.45, 7) is 0. The van der Waals surface area contributed by atoms with Gasteiger partial charge in [-0.3, -0.25) is 4.79 Å². The van der Waals surface area contributed by atoms with Crippen molar-refractivity contribution in [2.75, 3.05) is 5.73 Å². The van der Waals surface area contributed by atoms with Crippen molar-refractivity contribution in [1.82, 2.24) is 9.97 Å². The molecule has 15 heavy (non-hydrogen) atoms. The molecule has 0 fully saturated rings. The molecule has 2 aromatic rings. The summed E-state index contributed by atoms with van der Waals surface area (Å²) in [5.74, 6) is 0.